The highest BCUT2D eigenvalue weighted by Gasteiger charge is 2.28. The van der Waals surface area contributed by atoms with Crippen molar-refractivity contribution in [1.29, 1.82) is 0 Å². The molecule has 1 unspecified atom stereocenters. The Morgan fingerprint density at radius 1 is 1.47 bits per heavy atom. The molecular weight excluding hydrogens is 254 g/mol. The summed E-state index contributed by atoms with van der Waals surface area (Å²) in [7, 11) is 2.20. The molecule has 0 aromatic carbocycles. The molecule has 3 heteroatoms. The second kappa shape index (κ2) is 6.87. The zero-order valence-electron chi connectivity index (χ0n) is 9.95. The van der Waals surface area contributed by atoms with Crippen molar-refractivity contribution >= 4 is 15.9 Å². The van der Waals surface area contributed by atoms with Gasteiger partial charge in [0.15, 0.2) is 0 Å². The van der Waals surface area contributed by atoms with Gasteiger partial charge in [-0.05, 0) is 38.1 Å². The molecular formula is C12H24BrNO. The van der Waals surface area contributed by atoms with Gasteiger partial charge >= 0.3 is 0 Å². The molecule has 1 saturated carbocycles. The Balaban J connectivity index is 2.13. The first-order valence-corrected chi connectivity index (χ1v) is 7.20. The predicted octanol–water partition coefficient (Wildman–Crippen LogP) is 2.50. The minimum absolute atomic E-state index is 0.00832. The quantitative estimate of drug-likeness (QED) is 0.723. The van der Waals surface area contributed by atoms with Crippen LogP contribution in [-0.4, -0.2) is 41.6 Å². The van der Waals surface area contributed by atoms with Crippen LogP contribution in [0.4, 0.5) is 0 Å². The first kappa shape index (κ1) is 13.5. The van der Waals surface area contributed by atoms with E-state index >= 15 is 0 Å². The van der Waals surface area contributed by atoms with Crippen molar-refractivity contribution in [1.82, 2.24) is 4.90 Å². The van der Waals surface area contributed by atoms with Crippen molar-refractivity contribution in [3.05, 3.63) is 0 Å². The van der Waals surface area contributed by atoms with Crippen LogP contribution in [0.15, 0.2) is 0 Å². The van der Waals surface area contributed by atoms with Crippen molar-refractivity contribution in [2.45, 2.75) is 38.7 Å². The average Bonchev–Trinajstić information content (AvgIpc) is 2.14. The topological polar surface area (TPSA) is 23.5 Å². The predicted molar refractivity (Wildman–Crippen MR) is 68.4 cm³/mol. The maximum absolute atomic E-state index is 9.22. The van der Waals surface area contributed by atoms with E-state index in [4.69, 9.17) is 0 Å². The Bertz CT molecular complexity index is 171. The van der Waals surface area contributed by atoms with Gasteiger partial charge in [0.05, 0.1) is 6.10 Å². The van der Waals surface area contributed by atoms with Gasteiger partial charge in [0.2, 0.25) is 0 Å². The number of alkyl halides is 1. The Hall–Kier alpha value is 0.400. The minimum atomic E-state index is -0.00832. The Labute approximate surface area is 102 Å². The van der Waals surface area contributed by atoms with Gasteiger partial charge in [0.1, 0.15) is 0 Å². The molecule has 1 aliphatic carbocycles. The average molecular weight is 278 g/mol. The lowest BCUT2D eigenvalue weighted by Crippen LogP contribution is -2.38. The maximum Gasteiger partial charge on any atom is 0.0546 e. The number of aliphatic hydroxyl groups excluding tert-OH is 1. The number of aliphatic hydroxyl groups is 1. The summed E-state index contributed by atoms with van der Waals surface area (Å²) in [6, 6.07) is 0. The van der Waals surface area contributed by atoms with E-state index in [9.17, 15) is 5.11 Å². The van der Waals surface area contributed by atoms with E-state index in [1.54, 1.807) is 0 Å². The fraction of sp³-hybridized carbons (Fsp3) is 1.00. The van der Waals surface area contributed by atoms with Crippen LogP contribution in [0.2, 0.25) is 0 Å². The normalized spacial score (nSPS) is 27.8. The third-order valence-corrected chi connectivity index (χ3v) is 4.18. The summed E-state index contributed by atoms with van der Waals surface area (Å²) >= 11 is 3.59. The van der Waals surface area contributed by atoms with Gasteiger partial charge in [0.25, 0.3) is 0 Å². The molecule has 0 saturated heterocycles. The standard InChI is InChI=1S/C12H24BrNO/c1-3-4-10(7-13)8-14(2)9-11-5-12(15)6-11/h10-12,15H,3-9H2,1-2H3. The van der Waals surface area contributed by atoms with E-state index in [1.165, 1.54) is 19.4 Å². The summed E-state index contributed by atoms with van der Waals surface area (Å²) in [5.41, 5.74) is 0. The highest BCUT2D eigenvalue weighted by atomic mass is 79.9. The summed E-state index contributed by atoms with van der Waals surface area (Å²) in [6.07, 6.45) is 4.59. The van der Waals surface area contributed by atoms with Crippen LogP contribution >= 0.6 is 15.9 Å². The second-order valence-electron chi connectivity index (χ2n) is 5.02. The summed E-state index contributed by atoms with van der Waals surface area (Å²) < 4.78 is 0. The largest absolute Gasteiger partial charge is 0.393 e. The lowest BCUT2D eigenvalue weighted by atomic mass is 9.82. The first-order chi connectivity index (χ1) is 7.15. The van der Waals surface area contributed by atoms with Crippen LogP contribution in [0, 0.1) is 11.8 Å². The fourth-order valence-electron chi connectivity index (χ4n) is 2.43. The fourth-order valence-corrected chi connectivity index (χ4v) is 2.96. The van der Waals surface area contributed by atoms with Gasteiger partial charge in [-0.25, -0.2) is 0 Å². The molecule has 15 heavy (non-hydrogen) atoms. The van der Waals surface area contributed by atoms with Crippen LogP contribution < -0.4 is 0 Å². The summed E-state index contributed by atoms with van der Waals surface area (Å²) in [6.45, 7) is 4.59. The van der Waals surface area contributed by atoms with Crippen molar-refractivity contribution < 1.29 is 5.11 Å². The molecule has 0 aromatic heterocycles. The highest BCUT2D eigenvalue weighted by molar-refractivity contribution is 9.09. The van der Waals surface area contributed by atoms with Crippen LogP contribution in [-0.2, 0) is 0 Å². The molecule has 0 amide bonds. The summed E-state index contributed by atoms with van der Waals surface area (Å²) in [5.74, 6) is 1.52. The highest BCUT2D eigenvalue weighted by Crippen LogP contribution is 2.27. The third kappa shape index (κ3) is 4.83. The van der Waals surface area contributed by atoms with E-state index in [0.717, 1.165) is 36.6 Å². The number of halogens is 1. The zero-order valence-corrected chi connectivity index (χ0v) is 11.5. The van der Waals surface area contributed by atoms with Gasteiger partial charge in [-0.1, -0.05) is 29.3 Å². The van der Waals surface area contributed by atoms with E-state index in [1.807, 2.05) is 0 Å². The molecule has 2 nitrogen and oxygen atoms in total. The van der Waals surface area contributed by atoms with Crippen LogP contribution in [0.3, 0.4) is 0 Å². The van der Waals surface area contributed by atoms with E-state index in [2.05, 4.69) is 34.8 Å². The zero-order chi connectivity index (χ0) is 11.3. The summed E-state index contributed by atoms with van der Waals surface area (Å²) in [4.78, 5) is 2.43. The molecule has 90 valence electrons. The molecule has 1 aliphatic rings. The lowest BCUT2D eigenvalue weighted by Gasteiger charge is -2.35. The van der Waals surface area contributed by atoms with E-state index < -0.39 is 0 Å². The molecule has 0 aromatic rings. The van der Waals surface area contributed by atoms with Gasteiger partial charge in [-0.3, -0.25) is 0 Å². The first-order valence-electron chi connectivity index (χ1n) is 6.08. The number of hydrogen-bond donors (Lipinski definition) is 1. The Kier molecular flexibility index (Phi) is 6.17. The Morgan fingerprint density at radius 2 is 2.13 bits per heavy atom. The molecule has 0 spiro atoms. The maximum atomic E-state index is 9.22. The molecule has 0 bridgehead atoms. The second-order valence-corrected chi connectivity index (χ2v) is 5.67. The SMILES string of the molecule is CCCC(CBr)CN(C)CC1CC(O)C1. The number of rotatable bonds is 7. The van der Waals surface area contributed by atoms with Crippen molar-refractivity contribution in [2.24, 2.45) is 11.8 Å². The van der Waals surface area contributed by atoms with Gasteiger partial charge in [-0.15, -0.1) is 0 Å². The molecule has 1 atom stereocenters. The van der Waals surface area contributed by atoms with Crippen molar-refractivity contribution in [3.63, 3.8) is 0 Å². The monoisotopic (exact) mass is 277 g/mol. The van der Waals surface area contributed by atoms with Crippen LogP contribution in [0.25, 0.3) is 0 Å². The van der Waals surface area contributed by atoms with Crippen LogP contribution in [0.5, 0.6) is 0 Å². The van der Waals surface area contributed by atoms with Gasteiger partial charge in [-0.2, -0.15) is 0 Å². The van der Waals surface area contributed by atoms with Gasteiger partial charge < -0.3 is 10.0 Å². The van der Waals surface area contributed by atoms with Crippen molar-refractivity contribution in [2.75, 3.05) is 25.5 Å². The smallest absolute Gasteiger partial charge is 0.0546 e. The number of nitrogens with zero attached hydrogens (tertiary/aromatic N) is 1. The third-order valence-electron chi connectivity index (χ3n) is 3.27. The van der Waals surface area contributed by atoms with E-state index in [0.29, 0.717) is 0 Å². The molecule has 1 N–H and O–H groups in total. The van der Waals surface area contributed by atoms with Crippen LogP contribution in [0.1, 0.15) is 32.6 Å². The number of hydrogen-bond acceptors (Lipinski definition) is 2. The van der Waals surface area contributed by atoms with Gasteiger partial charge in [0, 0.05) is 18.4 Å². The van der Waals surface area contributed by atoms with E-state index in [-0.39, 0.29) is 6.10 Å². The molecule has 1 rings (SSSR count). The lowest BCUT2D eigenvalue weighted by molar-refractivity contribution is 0.0267. The molecule has 0 radical (unpaired) electrons. The van der Waals surface area contributed by atoms with Crippen molar-refractivity contribution in [3.8, 4) is 0 Å². The minimum Gasteiger partial charge on any atom is -0.393 e. The Morgan fingerprint density at radius 3 is 2.60 bits per heavy atom. The summed E-state index contributed by atoms with van der Waals surface area (Å²) in [5, 5.41) is 10.3. The molecule has 0 heterocycles. The molecule has 0 aliphatic heterocycles. The molecule has 1 fully saturated rings.